The maximum atomic E-state index is 8.89. The van der Waals surface area contributed by atoms with Crippen LogP contribution >= 0.6 is 7.94 Å². The van der Waals surface area contributed by atoms with Crippen LogP contribution in [0.25, 0.3) is 0 Å². The van der Waals surface area contributed by atoms with Crippen molar-refractivity contribution in [3.8, 4) is 0 Å². The van der Waals surface area contributed by atoms with Crippen molar-refractivity contribution in [1.82, 2.24) is 0 Å². The standard InChI is InChI=1S/C8H21O3P/c1-3-4-5-6-7-8(2)12(9,10)11/h8-12H,3-7H2,1-2H3. The molecule has 12 heavy (non-hydrogen) atoms. The Hall–Kier alpha value is 0.310. The number of rotatable bonds is 6. The molecule has 0 amide bonds. The molecule has 0 saturated carbocycles. The third kappa shape index (κ3) is 5.90. The first-order valence-corrected chi connectivity index (χ1v) is 6.57. The van der Waals surface area contributed by atoms with Gasteiger partial charge < -0.3 is 0 Å². The third-order valence-electron chi connectivity index (χ3n) is 2.15. The van der Waals surface area contributed by atoms with Gasteiger partial charge in [-0.2, -0.15) is 0 Å². The summed E-state index contributed by atoms with van der Waals surface area (Å²) in [5.41, 5.74) is -0.325. The van der Waals surface area contributed by atoms with E-state index >= 15 is 0 Å². The predicted octanol–water partition coefficient (Wildman–Crippen LogP) is 1.82. The SMILES string of the molecule is CCCCCCC(C)[PH](O)(O)O. The van der Waals surface area contributed by atoms with E-state index < -0.39 is 7.94 Å². The van der Waals surface area contributed by atoms with Gasteiger partial charge in [-0.25, -0.2) is 0 Å². The molecule has 0 aromatic carbocycles. The molecule has 3 nitrogen and oxygen atoms in total. The van der Waals surface area contributed by atoms with Crippen molar-refractivity contribution < 1.29 is 14.7 Å². The van der Waals surface area contributed by atoms with E-state index in [0.717, 1.165) is 19.3 Å². The summed E-state index contributed by atoms with van der Waals surface area (Å²) in [6.07, 6.45) is 5.17. The molecule has 0 aliphatic carbocycles. The van der Waals surface area contributed by atoms with Gasteiger partial charge in [-0.05, 0) is 0 Å². The van der Waals surface area contributed by atoms with Gasteiger partial charge in [0.25, 0.3) is 0 Å². The van der Waals surface area contributed by atoms with Crippen LogP contribution in [0.4, 0.5) is 0 Å². The zero-order valence-electron chi connectivity index (χ0n) is 7.95. The van der Waals surface area contributed by atoms with Crippen LogP contribution in [0.1, 0.15) is 46.0 Å². The first-order valence-electron chi connectivity index (χ1n) is 4.65. The molecule has 0 saturated heterocycles. The van der Waals surface area contributed by atoms with Crippen molar-refractivity contribution in [3.63, 3.8) is 0 Å². The van der Waals surface area contributed by atoms with E-state index in [1.165, 1.54) is 12.8 Å². The average Bonchev–Trinajstić information content (AvgIpc) is 1.96. The summed E-state index contributed by atoms with van der Waals surface area (Å²) >= 11 is 0. The van der Waals surface area contributed by atoms with Gasteiger partial charge in [0.15, 0.2) is 0 Å². The van der Waals surface area contributed by atoms with Gasteiger partial charge in [0.2, 0.25) is 0 Å². The summed E-state index contributed by atoms with van der Waals surface area (Å²) in [5.74, 6) is 0. The Morgan fingerprint density at radius 2 is 1.67 bits per heavy atom. The third-order valence-corrected chi connectivity index (χ3v) is 3.76. The monoisotopic (exact) mass is 196 g/mol. The summed E-state index contributed by atoms with van der Waals surface area (Å²) in [5, 5.41) is 0. The van der Waals surface area contributed by atoms with Gasteiger partial charge in [-0.1, -0.05) is 0 Å². The summed E-state index contributed by atoms with van der Waals surface area (Å²) in [4.78, 5) is 26.7. The zero-order chi connectivity index (χ0) is 9.61. The molecule has 1 atom stereocenters. The minimum atomic E-state index is -3.82. The average molecular weight is 196 g/mol. The fraction of sp³-hybridized carbons (Fsp3) is 1.00. The van der Waals surface area contributed by atoms with Crippen LogP contribution in [-0.4, -0.2) is 20.3 Å². The van der Waals surface area contributed by atoms with Crippen LogP contribution in [0.2, 0.25) is 0 Å². The summed E-state index contributed by atoms with van der Waals surface area (Å²) in [6, 6.07) is 0. The van der Waals surface area contributed by atoms with E-state index in [1.54, 1.807) is 6.92 Å². The van der Waals surface area contributed by atoms with Gasteiger partial charge in [-0.3, -0.25) is 0 Å². The number of unbranched alkanes of at least 4 members (excludes halogenated alkanes) is 3. The Morgan fingerprint density at radius 1 is 1.08 bits per heavy atom. The molecule has 0 radical (unpaired) electrons. The first kappa shape index (κ1) is 12.3. The molecule has 0 bridgehead atoms. The van der Waals surface area contributed by atoms with E-state index in [1.807, 2.05) is 0 Å². The molecule has 0 fully saturated rings. The minimum absolute atomic E-state index is 0.325. The topological polar surface area (TPSA) is 60.7 Å². The summed E-state index contributed by atoms with van der Waals surface area (Å²) < 4.78 is 0. The Bertz CT molecular complexity index is 111. The van der Waals surface area contributed by atoms with Gasteiger partial charge in [0.1, 0.15) is 0 Å². The molecule has 0 rings (SSSR count). The Labute approximate surface area is 75.0 Å². The van der Waals surface area contributed by atoms with Crippen molar-refractivity contribution in [2.45, 2.75) is 51.6 Å². The van der Waals surface area contributed by atoms with Crippen molar-refractivity contribution in [3.05, 3.63) is 0 Å². The Morgan fingerprint density at radius 3 is 2.08 bits per heavy atom. The molecular weight excluding hydrogens is 175 g/mol. The van der Waals surface area contributed by atoms with E-state index in [4.69, 9.17) is 14.7 Å². The molecule has 0 aromatic rings. The molecule has 76 valence electrons. The Kier molecular flexibility index (Phi) is 6.02. The van der Waals surface area contributed by atoms with Crippen molar-refractivity contribution in [2.24, 2.45) is 0 Å². The van der Waals surface area contributed by atoms with Crippen LogP contribution in [0.5, 0.6) is 0 Å². The predicted molar refractivity (Wildman–Crippen MR) is 53.2 cm³/mol. The van der Waals surface area contributed by atoms with Crippen LogP contribution < -0.4 is 0 Å². The van der Waals surface area contributed by atoms with Crippen molar-refractivity contribution >= 4 is 7.94 Å². The van der Waals surface area contributed by atoms with E-state index in [2.05, 4.69) is 6.92 Å². The maximum absolute atomic E-state index is 8.89. The molecule has 3 N–H and O–H groups in total. The normalized spacial score (nSPS) is 16.1. The van der Waals surface area contributed by atoms with Gasteiger partial charge in [-0.15, -0.1) is 0 Å². The first-order chi connectivity index (χ1) is 5.48. The fourth-order valence-corrected chi connectivity index (χ4v) is 1.66. The zero-order valence-corrected chi connectivity index (χ0v) is 8.95. The van der Waals surface area contributed by atoms with E-state index in [0.29, 0.717) is 0 Å². The van der Waals surface area contributed by atoms with Crippen molar-refractivity contribution in [2.75, 3.05) is 0 Å². The molecule has 0 aliphatic rings. The molecular formula is C8H21O3P. The van der Waals surface area contributed by atoms with Crippen LogP contribution in [0, 0.1) is 0 Å². The second-order valence-electron chi connectivity index (χ2n) is 3.44. The van der Waals surface area contributed by atoms with Crippen molar-refractivity contribution in [1.29, 1.82) is 0 Å². The fourth-order valence-electron chi connectivity index (χ4n) is 1.07. The molecule has 0 aromatic heterocycles. The summed E-state index contributed by atoms with van der Waals surface area (Å²) in [6.45, 7) is 3.82. The summed E-state index contributed by atoms with van der Waals surface area (Å²) in [7, 11) is -3.82. The molecule has 0 heterocycles. The second kappa shape index (κ2) is 5.87. The van der Waals surface area contributed by atoms with Crippen LogP contribution in [0.15, 0.2) is 0 Å². The van der Waals surface area contributed by atoms with E-state index in [9.17, 15) is 0 Å². The van der Waals surface area contributed by atoms with Crippen LogP contribution in [-0.2, 0) is 0 Å². The van der Waals surface area contributed by atoms with Crippen LogP contribution in [0.3, 0.4) is 0 Å². The van der Waals surface area contributed by atoms with E-state index in [-0.39, 0.29) is 5.66 Å². The van der Waals surface area contributed by atoms with Gasteiger partial charge >= 0.3 is 74.2 Å². The second-order valence-corrected chi connectivity index (χ2v) is 5.80. The molecule has 0 spiro atoms. The quantitative estimate of drug-likeness (QED) is 0.448. The number of hydrogen-bond donors (Lipinski definition) is 3. The van der Waals surface area contributed by atoms with Gasteiger partial charge in [0.05, 0.1) is 0 Å². The van der Waals surface area contributed by atoms with Gasteiger partial charge in [0, 0.05) is 0 Å². The number of hydrogen-bond acceptors (Lipinski definition) is 3. The Balaban J connectivity index is 3.38. The molecule has 4 heteroatoms. The molecule has 0 aliphatic heterocycles. The molecule has 1 unspecified atom stereocenters.